The molecule has 0 aliphatic carbocycles. The smallest absolute Gasteiger partial charge is 0.348 e. The molecule has 9 nitrogen and oxygen atoms in total. The summed E-state index contributed by atoms with van der Waals surface area (Å²) in [5.41, 5.74) is 4.51. The van der Waals surface area contributed by atoms with Crippen molar-refractivity contribution in [2.24, 2.45) is 0 Å². The fraction of sp³-hybridized carbons (Fsp3) is 0.208. The van der Waals surface area contributed by atoms with Crippen LogP contribution < -0.4 is 4.74 Å². The average Bonchev–Trinajstić information content (AvgIpc) is 3.52. The summed E-state index contributed by atoms with van der Waals surface area (Å²) in [7, 11) is 1.53. The Bertz CT molecular complexity index is 1530. The summed E-state index contributed by atoms with van der Waals surface area (Å²) in [6, 6.07) is 9.52. The molecule has 0 bridgehead atoms. The third-order valence-electron chi connectivity index (χ3n) is 5.21. The molecule has 34 heavy (non-hydrogen) atoms. The molecule has 0 aliphatic rings. The summed E-state index contributed by atoms with van der Waals surface area (Å²) < 4.78 is 12.1. The van der Waals surface area contributed by atoms with Crippen LogP contribution in [-0.4, -0.2) is 39.2 Å². The number of rotatable bonds is 6. The zero-order valence-corrected chi connectivity index (χ0v) is 19.8. The zero-order valence-electron chi connectivity index (χ0n) is 19.0. The van der Waals surface area contributed by atoms with E-state index in [-0.39, 0.29) is 6.61 Å². The van der Waals surface area contributed by atoms with Gasteiger partial charge < -0.3 is 19.0 Å². The first-order valence-corrected chi connectivity index (χ1v) is 11.1. The number of aryl methyl sites for hydroxylation is 1. The highest BCUT2D eigenvalue weighted by Gasteiger charge is 2.20. The number of nitrogens with one attached hydrogen (secondary N) is 1. The number of ether oxygens (including phenoxy) is 2. The molecule has 10 heteroatoms. The summed E-state index contributed by atoms with van der Waals surface area (Å²) in [5, 5.41) is 20.1. The third kappa shape index (κ3) is 4.03. The Morgan fingerprint density at radius 1 is 1.29 bits per heavy atom. The largest absolute Gasteiger partial charge is 0.481 e. The maximum Gasteiger partial charge on any atom is 0.348 e. The van der Waals surface area contributed by atoms with Crippen LogP contribution in [0.4, 0.5) is 0 Å². The second-order valence-corrected chi connectivity index (χ2v) is 8.35. The molecule has 0 unspecified atom stereocenters. The second kappa shape index (κ2) is 9.22. The van der Waals surface area contributed by atoms with E-state index in [0.29, 0.717) is 43.8 Å². The number of hydrogen-bond donors (Lipinski definition) is 1. The second-order valence-electron chi connectivity index (χ2n) is 7.32. The van der Waals surface area contributed by atoms with Crippen molar-refractivity contribution in [2.45, 2.75) is 20.8 Å². The number of H-pyrrole nitrogens is 1. The molecule has 4 aromatic rings. The third-order valence-corrected chi connectivity index (χ3v) is 6.31. The molecule has 170 valence electrons. The van der Waals surface area contributed by atoms with E-state index in [0.717, 1.165) is 17.0 Å². The zero-order chi connectivity index (χ0) is 24.4. The molecule has 0 aliphatic heterocycles. The Morgan fingerprint density at radius 3 is 2.76 bits per heavy atom. The summed E-state index contributed by atoms with van der Waals surface area (Å²) in [6.07, 6.45) is 3.35. The number of carbonyl (C=O) groups is 1. The fourth-order valence-electron chi connectivity index (χ4n) is 3.62. The normalized spacial score (nSPS) is 11.3. The highest BCUT2D eigenvalue weighted by molar-refractivity contribution is 7.16. The molecule has 0 radical (unpaired) electrons. The van der Waals surface area contributed by atoms with Crippen molar-refractivity contribution < 1.29 is 14.3 Å². The first-order chi connectivity index (χ1) is 16.4. The lowest BCUT2D eigenvalue weighted by molar-refractivity contribution is 0.0532. The van der Waals surface area contributed by atoms with E-state index >= 15 is 0 Å². The van der Waals surface area contributed by atoms with Gasteiger partial charge in [0.15, 0.2) is 0 Å². The molecule has 0 saturated carbocycles. The first-order valence-electron chi connectivity index (χ1n) is 10.3. The molecule has 0 amide bonds. The van der Waals surface area contributed by atoms with Crippen LogP contribution >= 0.6 is 11.3 Å². The molecule has 0 spiro atoms. The summed E-state index contributed by atoms with van der Waals surface area (Å²) >= 11 is 1.20. The number of hydrogen-bond acceptors (Lipinski definition) is 8. The lowest BCUT2D eigenvalue weighted by Crippen LogP contribution is -2.01. The summed E-state index contributed by atoms with van der Waals surface area (Å²) in [5.74, 6) is 0.388. The number of thiophene rings is 1. The van der Waals surface area contributed by atoms with Gasteiger partial charge in [-0.25, -0.2) is 14.8 Å². The van der Waals surface area contributed by atoms with Crippen LogP contribution in [-0.2, 0) is 4.74 Å². The number of nitrogens with zero attached hydrogens (tertiary/aromatic N) is 5. The Morgan fingerprint density at radius 2 is 2.09 bits per heavy atom. The lowest BCUT2D eigenvalue weighted by atomic mass is 10.1. The van der Waals surface area contributed by atoms with E-state index in [1.165, 1.54) is 18.4 Å². The standard InChI is InChI=1S/C24H20N6O3S/c1-5-33-24(31)20-8-17(11-26)23(34-20)30-13(2)6-15(14(30)3)7-16(10-25)22-28-18-9-21(32-4)27-12-19(18)29-22/h6-9,12H,5H2,1-4H3,(H,28,29)/b16-7+. The Hall–Kier alpha value is -4.41. The van der Waals surface area contributed by atoms with Gasteiger partial charge in [-0.3, -0.25) is 0 Å². The molecule has 4 aromatic heterocycles. The van der Waals surface area contributed by atoms with Gasteiger partial charge in [-0.1, -0.05) is 0 Å². The monoisotopic (exact) mass is 472 g/mol. The number of allylic oxidation sites excluding steroid dienone is 1. The van der Waals surface area contributed by atoms with Crippen LogP contribution in [0.5, 0.6) is 5.88 Å². The quantitative estimate of drug-likeness (QED) is 0.322. The number of aromatic nitrogens is 4. The van der Waals surface area contributed by atoms with Gasteiger partial charge >= 0.3 is 5.97 Å². The number of fused-ring (bicyclic) bond motifs is 1. The number of esters is 1. The maximum atomic E-state index is 12.2. The van der Waals surface area contributed by atoms with Crippen molar-refractivity contribution in [3.8, 4) is 23.0 Å². The first kappa shape index (κ1) is 22.8. The van der Waals surface area contributed by atoms with Crippen molar-refractivity contribution in [2.75, 3.05) is 13.7 Å². The van der Waals surface area contributed by atoms with Crippen molar-refractivity contribution in [3.05, 3.63) is 57.6 Å². The number of pyridine rings is 1. The lowest BCUT2D eigenvalue weighted by Gasteiger charge is -2.07. The van der Waals surface area contributed by atoms with E-state index in [4.69, 9.17) is 9.47 Å². The minimum atomic E-state index is -0.458. The maximum absolute atomic E-state index is 12.2. The van der Waals surface area contributed by atoms with E-state index in [9.17, 15) is 15.3 Å². The molecule has 0 fully saturated rings. The van der Waals surface area contributed by atoms with E-state index in [1.807, 2.05) is 24.5 Å². The molecule has 0 aromatic carbocycles. The van der Waals surface area contributed by atoms with Gasteiger partial charge in [0.05, 0.1) is 42.1 Å². The van der Waals surface area contributed by atoms with Gasteiger partial charge in [-0.2, -0.15) is 10.5 Å². The minimum absolute atomic E-state index is 0.256. The van der Waals surface area contributed by atoms with Crippen LogP contribution in [0.15, 0.2) is 24.4 Å². The van der Waals surface area contributed by atoms with Crippen molar-refractivity contribution >= 4 is 40.0 Å². The van der Waals surface area contributed by atoms with E-state index in [1.54, 1.807) is 31.3 Å². The average molecular weight is 473 g/mol. The Labute approximate surface area is 199 Å². The Kier molecular flexibility index (Phi) is 6.17. The fourth-order valence-corrected chi connectivity index (χ4v) is 4.73. The number of carbonyl (C=O) groups excluding carboxylic acids is 1. The highest BCUT2D eigenvalue weighted by Crippen LogP contribution is 2.32. The van der Waals surface area contributed by atoms with Crippen LogP contribution in [0.25, 0.3) is 27.7 Å². The van der Waals surface area contributed by atoms with Crippen molar-refractivity contribution in [3.63, 3.8) is 0 Å². The van der Waals surface area contributed by atoms with Crippen LogP contribution in [0, 0.1) is 36.5 Å². The van der Waals surface area contributed by atoms with E-state index in [2.05, 4.69) is 27.1 Å². The number of nitriles is 2. The highest BCUT2D eigenvalue weighted by atomic mass is 32.1. The predicted octanol–water partition coefficient (Wildman–Crippen LogP) is 4.55. The van der Waals surface area contributed by atoms with Gasteiger partial charge in [0.2, 0.25) is 5.88 Å². The molecular formula is C24H20N6O3S. The van der Waals surface area contributed by atoms with Gasteiger partial charge in [0, 0.05) is 17.5 Å². The van der Waals surface area contributed by atoms with Crippen molar-refractivity contribution in [1.29, 1.82) is 10.5 Å². The topological polar surface area (TPSA) is 130 Å². The molecular weight excluding hydrogens is 452 g/mol. The summed E-state index contributed by atoms with van der Waals surface area (Å²) in [4.78, 5) is 24.3. The van der Waals surface area contributed by atoms with Crippen LogP contribution in [0.3, 0.4) is 0 Å². The van der Waals surface area contributed by atoms with Crippen molar-refractivity contribution in [1.82, 2.24) is 19.5 Å². The number of methoxy groups -OCH3 is 1. The predicted molar refractivity (Wildman–Crippen MR) is 128 cm³/mol. The van der Waals surface area contributed by atoms with Crippen LogP contribution in [0.1, 0.15) is 44.9 Å². The Balaban J connectivity index is 1.77. The SMILES string of the molecule is CCOC(=O)c1cc(C#N)c(-n2c(C)cc(/C=C(\C#N)c3nc4cc(OC)ncc4[nH]3)c2C)s1. The molecule has 1 N–H and O–H groups in total. The van der Waals surface area contributed by atoms with Crippen LogP contribution in [0.2, 0.25) is 0 Å². The van der Waals surface area contributed by atoms with E-state index < -0.39 is 5.97 Å². The minimum Gasteiger partial charge on any atom is -0.481 e. The van der Waals surface area contributed by atoms with Gasteiger partial charge in [-0.05, 0) is 44.5 Å². The summed E-state index contributed by atoms with van der Waals surface area (Å²) in [6.45, 7) is 5.79. The van der Waals surface area contributed by atoms with Gasteiger partial charge in [0.25, 0.3) is 0 Å². The molecule has 0 atom stereocenters. The van der Waals surface area contributed by atoms with Gasteiger partial charge in [-0.15, -0.1) is 11.3 Å². The molecule has 4 heterocycles. The number of aromatic amines is 1. The number of imidazole rings is 1. The molecule has 0 saturated heterocycles. The molecule has 4 rings (SSSR count). The van der Waals surface area contributed by atoms with Gasteiger partial charge in [0.1, 0.15) is 27.8 Å².